The number of fused-ring (bicyclic) bond motifs is 6. The number of rotatable bonds is 7. The maximum atomic E-state index is 9.54. The van der Waals surface area contributed by atoms with Crippen LogP contribution in [-0.2, 0) is 0 Å². The van der Waals surface area contributed by atoms with Gasteiger partial charge in [-0.2, -0.15) is 10.5 Å². The van der Waals surface area contributed by atoms with E-state index in [0.717, 1.165) is 77.6 Å². The van der Waals surface area contributed by atoms with Crippen LogP contribution in [0.5, 0.6) is 0 Å². The predicted octanol–water partition coefficient (Wildman–Crippen LogP) is 15.1. The molecule has 0 radical (unpaired) electrons. The van der Waals surface area contributed by atoms with Crippen molar-refractivity contribution in [3.05, 3.63) is 217 Å². The second-order valence-electron chi connectivity index (χ2n) is 16.3. The van der Waals surface area contributed by atoms with Gasteiger partial charge in [0.25, 0.3) is 0 Å². The average Bonchev–Trinajstić information content (AvgIpc) is 3.93. The average molecular weight is 859 g/mol. The van der Waals surface area contributed by atoms with Crippen molar-refractivity contribution in [2.75, 3.05) is 0 Å². The molecule has 3 aromatic heterocycles. The molecule has 0 spiro atoms. The third-order valence-corrected chi connectivity index (χ3v) is 13.5. The molecule has 0 saturated carbocycles. The Hall–Kier alpha value is -9.01. The zero-order valence-electron chi connectivity index (χ0n) is 35.2. The smallest absolute Gasteiger partial charge is 0.166 e. The van der Waals surface area contributed by atoms with Crippen molar-refractivity contribution in [1.29, 1.82) is 10.5 Å². The van der Waals surface area contributed by atoms with E-state index >= 15 is 0 Å². The van der Waals surface area contributed by atoms with Gasteiger partial charge in [-0.25, -0.2) is 15.0 Å². The topological polar surface area (TPSA) is 91.2 Å². The summed E-state index contributed by atoms with van der Waals surface area (Å²) in [5, 5.41) is 23.7. The Morgan fingerprint density at radius 2 is 0.788 bits per heavy atom. The molecule has 0 aliphatic carbocycles. The minimum atomic E-state index is 0.556. The summed E-state index contributed by atoms with van der Waals surface area (Å²) in [6, 6.07) is 75.3. The van der Waals surface area contributed by atoms with Gasteiger partial charge in [0, 0.05) is 47.6 Å². The van der Waals surface area contributed by atoms with Gasteiger partial charge in [-0.15, -0.1) is 11.3 Å². The Morgan fingerprint density at radius 3 is 1.36 bits per heavy atom. The van der Waals surface area contributed by atoms with Crippen LogP contribution in [0.1, 0.15) is 11.1 Å². The summed E-state index contributed by atoms with van der Waals surface area (Å²) in [4.78, 5) is 15.7. The molecule has 0 bridgehead atoms. The third kappa shape index (κ3) is 6.76. The lowest BCUT2D eigenvalue weighted by molar-refractivity contribution is 1.06. The van der Waals surface area contributed by atoms with Crippen molar-refractivity contribution in [3.8, 4) is 85.4 Å². The number of aromatic nitrogens is 4. The molecule has 7 heteroatoms. The molecule has 12 rings (SSSR count). The van der Waals surface area contributed by atoms with E-state index in [1.807, 2.05) is 121 Å². The molecule has 0 aliphatic heterocycles. The van der Waals surface area contributed by atoms with Crippen molar-refractivity contribution in [2.24, 2.45) is 0 Å². The molecule has 0 aliphatic rings. The lowest BCUT2D eigenvalue weighted by Crippen LogP contribution is -2.04. The zero-order valence-corrected chi connectivity index (χ0v) is 36.0. The first-order chi connectivity index (χ1) is 32.6. The number of hydrogen-bond donors (Lipinski definition) is 0. The van der Waals surface area contributed by atoms with Crippen LogP contribution in [0.4, 0.5) is 0 Å². The van der Waals surface area contributed by atoms with Crippen molar-refractivity contribution < 1.29 is 0 Å². The SMILES string of the molecule is N#Cc1ccc(-c2ccc3c(c2)c2cc(-c4ccc(C#N)cc4)ccc2n3-c2ccc(-c3ccc4sc5ccccc5c4c3)cc2-c2nc(-c3ccccc3)nc(-c3ccccc3)n2)cc1. The van der Waals surface area contributed by atoms with Crippen molar-refractivity contribution >= 4 is 53.3 Å². The van der Waals surface area contributed by atoms with E-state index < -0.39 is 0 Å². The summed E-state index contributed by atoms with van der Waals surface area (Å²) < 4.78 is 4.85. The van der Waals surface area contributed by atoms with Crippen LogP contribution in [0.25, 0.3) is 115 Å². The van der Waals surface area contributed by atoms with Crippen LogP contribution < -0.4 is 0 Å². The van der Waals surface area contributed by atoms with E-state index in [-0.39, 0.29) is 0 Å². The molecule has 6 nitrogen and oxygen atoms in total. The quantitative estimate of drug-likeness (QED) is 0.159. The van der Waals surface area contributed by atoms with Crippen molar-refractivity contribution in [1.82, 2.24) is 19.5 Å². The largest absolute Gasteiger partial charge is 0.308 e. The molecule has 306 valence electrons. The number of nitriles is 2. The minimum Gasteiger partial charge on any atom is -0.308 e. The summed E-state index contributed by atoms with van der Waals surface area (Å²) in [7, 11) is 0. The van der Waals surface area contributed by atoms with E-state index in [1.54, 1.807) is 0 Å². The van der Waals surface area contributed by atoms with Gasteiger partial charge in [-0.05, 0) is 112 Å². The Balaban J connectivity index is 1.14. The van der Waals surface area contributed by atoms with Crippen molar-refractivity contribution in [3.63, 3.8) is 0 Å². The molecule has 12 aromatic rings. The highest BCUT2D eigenvalue weighted by molar-refractivity contribution is 7.25. The van der Waals surface area contributed by atoms with Gasteiger partial charge in [0.2, 0.25) is 0 Å². The lowest BCUT2D eigenvalue weighted by Gasteiger charge is -2.17. The van der Waals surface area contributed by atoms with E-state index in [4.69, 9.17) is 15.0 Å². The fourth-order valence-electron chi connectivity index (χ4n) is 9.04. The van der Waals surface area contributed by atoms with Crippen LogP contribution in [0.15, 0.2) is 206 Å². The maximum absolute atomic E-state index is 9.54. The molecule has 9 aromatic carbocycles. The van der Waals surface area contributed by atoms with Gasteiger partial charge in [0.1, 0.15) is 0 Å². The highest BCUT2D eigenvalue weighted by atomic mass is 32.1. The van der Waals surface area contributed by atoms with Gasteiger partial charge in [-0.1, -0.05) is 127 Å². The molecular weight excluding hydrogens is 825 g/mol. The molecule has 0 unspecified atom stereocenters. The normalized spacial score (nSPS) is 11.3. The number of nitrogens with zero attached hydrogens (tertiary/aromatic N) is 6. The molecular formula is C59H34N6S. The molecule has 3 heterocycles. The first kappa shape index (κ1) is 38.6. The van der Waals surface area contributed by atoms with Gasteiger partial charge in [0.05, 0.1) is 40.0 Å². The summed E-state index contributed by atoms with van der Waals surface area (Å²) in [5.41, 5.74) is 13.1. The van der Waals surface area contributed by atoms with Crippen molar-refractivity contribution in [2.45, 2.75) is 0 Å². The van der Waals surface area contributed by atoms with E-state index in [9.17, 15) is 10.5 Å². The second-order valence-corrected chi connectivity index (χ2v) is 17.3. The summed E-state index contributed by atoms with van der Waals surface area (Å²) >= 11 is 1.81. The first-order valence-electron chi connectivity index (χ1n) is 21.6. The van der Waals surface area contributed by atoms with Crippen LogP contribution >= 0.6 is 11.3 Å². The van der Waals surface area contributed by atoms with Crippen LogP contribution in [-0.4, -0.2) is 19.5 Å². The fraction of sp³-hybridized carbons (Fsp3) is 0. The number of hydrogen-bond acceptors (Lipinski definition) is 6. The predicted molar refractivity (Wildman–Crippen MR) is 269 cm³/mol. The lowest BCUT2D eigenvalue weighted by atomic mass is 9.99. The van der Waals surface area contributed by atoms with Crippen LogP contribution in [0, 0.1) is 22.7 Å². The van der Waals surface area contributed by atoms with Gasteiger partial charge in [-0.3, -0.25) is 0 Å². The van der Waals surface area contributed by atoms with Gasteiger partial charge in [0.15, 0.2) is 17.5 Å². The summed E-state index contributed by atoms with van der Waals surface area (Å²) in [6.45, 7) is 0. The van der Waals surface area contributed by atoms with Crippen LogP contribution in [0.3, 0.4) is 0 Å². The Morgan fingerprint density at radius 1 is 0.348 bits per heavy atom. The molecule has 0 atom stereocenters. The molecule has 0 saturated heterocycles. The van der Waals surface area contributed by atoms with Gasteiger partial charge >= 0.3 is 0 Å². The standard InChI is InChI=1S/C59H34N6S/c60-35-37-15-19-39(20-16-37)43-23-27-52-48(31-43)49-32-44(40-21-17-38(36-61)18-22-40)24-28-53(49)65(52)54-29-25-45(46-26-30-56-50(33-46)47-13-7-8-14-55(47)66-56)34-51(54)59-63-57(41-9-3-1-4-10-41)62-58(64-59)42-11-5-2-6-12-42/h1-34H. The first-order valence-corrected chi connectivity index (χ1v) is 22.4. The Kier molecular flexibility index (Phi) is 9.35. The molecule has 0 N–H and O–H groups in total. The Labute approximate surface area is 384 Å². The van der Waals surface area contributed by atoms with E-state index in [0.29, 0.717) is 28.6 Å². The minimum absolute atomic E-state index is 0.556. The molecule has 0 fully saturated rings. The monoisotopic (exact) mass is 858 g/mol. The number of benzene rings is 9. The van der Waals surface area contributed by atoms with E-state index in [1.165, 1.54) is 20.2 Å². The molecule has 66 heavy (non-hydrogen) atoms. The maximum Gasteiger partial charge on any atom is 0.166 e. The van der Waals surface area contributed by atoms with E-state index in [2.05, 4.69) is 114 Å². The van der Waals surface area contributed by atoms with Crippen LogP contribution in [0.2, 0.25) is 0 Å². The zero-order chi connectivity index (χ0) is 44.1. The molecule has 0 amide bonds. The number of thiophene rings is 1. The third-order valence-electron chi connectivity index (χ3n) is 12.3. The second kappa shape index (κ2) is 16.0. The highest BCUT2D eigenvalue weighted by Crippen LogP contribution is 2.42. The fourth-order valence-corrected chi connectivity index (χ4v) is 10.1. The highest BCUT2D eigenvalue weighted by Gasteiger charge is 2.22. The van der Waals surface area contributed by atoms with Gasteiger partial charge < -0.3 is 4.57 Å². The summed E-state index contributed by atoms with van der Waals surface area (Å²) in [6.07, 6.45) is 0. The summed E-state index contributed by atoms with van der Waals surface area (Å²) in [5.74, 6) is 1.73. The Bertz CT molecular complexity index is 3760.